The van der Waals surface area contributed by atoms with Gasteiger partial charge in [0.15, 0.2) is 5.60 Å². The predicted molar refractivity (Wildman–Crippen MR) is 102 cm³/mol. The molecular weight excluding hydrogens is 350 g/mol. The van der Waals surface area contributed by atoms with E-state index in [1.165, 1.54) is 5.56 Å². The fourth-order valence-corrected chi connectivity index (χ4v) is 3.20. The number of hydrogen-bond donors (Lipinski definition) is 0. The Morgan fingerprint density at radius 3 is 2.31 bits per heavy atom. The second-order valence-electron chi connectivity index (χ2n) is 6.99. The van der Waals surface area contributed by atoms with Gasteiger partial charge in [0.2, 0.25) is 0 Å². The molecule has 138 valence electrons. The van der Waals surface area contributed by atoms with Crippen LogP contribution >= 0.6 is 11.6 Å². The van der Waals surface area contributed by atoms with Gasteiger partial charge in [-0.15, -0.1) is 0 Å². The normalized spacial score (nSPS) is 15.7. The Kier molecular flexibility index (Phi) is 5.79. The zero-order valence-corrected chi connectivity index (χ0v) is 15.9. The number of carbonyl (C=O) groups is 1. The number of piperazine rings is 1. The number of benzene rings is 1. The summed E-state index contributed by atoms with van der Waals surface area (Å²) in [5.41, 5.74) is 0.326. The maximum absolute atomic E-state index is 12.9. The predicted octanol–water partition coefficient (Wildman–Crippen LogP) is 3.24. The summed E-state index contributed by atoms with van der Waals surface area (Å²) < 4.78 is 5.92. The molecule has 0 radical (unpaired) electrons. The first-order valence-corrected chi connectivity index (χ1v) is 9.17. The van der Waals surface area contributed by atoms with E-state index in [2.05, 4.69) is 9.88 Å². The number of ether oxygens (including phenoxy) is 1. The van der Waals surface area contributed by atoms with Crippen LogP contribution in [-0.4, -0.2) is 52.5 Å². The lowest BCUT2D eigenvalue weighted by Crippen LogP contribution is -2.55. The summed E-state index contributed by atoms with van der Waals surface area (Å²) in [5, 5.41) is 0.645. The van der Waals surface area contributed by atoms with E-state index in [0.29, 0.717) is 23.9 Å². The lowest BCUT2D eigenvalue weighted by Gasteiger charge is -2.38. The second-order valence-corrected chi connectivity index (χ2v) is 7.43. The summed E-state index contributed by atoms with van der Waals surface area (Å²) in [6.45, 7) is 7.63. The summed E-state index contributed by atoms with van der Waals surface area (Å²) in [5.74, 6) is 0.653. The van der Waals surface area contributed by atoms with E-state index in [4.69, 9.17) is 16.3 Å². The van der Waals surface area contributed by atoms with Crippen LogP contribution in [0.15, 0.2) is 48.8 Å². The molecule has 0 saturated carbocycles. The molecule has 1 fully saturated rings. The van der Waals surface area contributed by atoms with Gasteiger partial charge in [-0.2, -0.15) is 0 Å². The quantitative estimate of drug-likeness (QED) is 0.807. The van der Waals surface area contributed by atoms with Gasteiger partial charge in [-0.05, 0) is 55.8 Å². The molecule has 0 unspecified atom stereocenters. The van der Waals surface area contributed by atoms with E-state index < -0.39 is 5.60 Å². The minimum atomic E-state index is -0.916. The van der Waals surface area contributed by atoms with Crippen molar-refractivity contribution in [2.75, 3.05) is 26.2 Å². The molecule has 5 nitrogen and oxygen atoms in total. The van der Waals surface area contributed by atoms with Crippen molar-refractivity contribution < 1.29 is 9.53 Å². The molecule has 0 aliphatic carbocycles. The third-order valence-electron chi connectivity index (χ3n) is 4.52. The first-order valence-electron chi connectivity index (χ1n) is 8.79. The fourth-order valence-electron chi connectivity index (χ4n) is 3.08. The summed E-state index contributed by atoms with van der Waals surface area (Å²) >= 11 is 5.90. The Morgan fingerprint density at radius 1 is 1.08 bits per heavy atom. The highest BCUT2D eigenvalue weighted by atomic mass is 35.5. The highest BCUT2D eigenvalue weighted by molar-refractivity contribution is 6.30. The van der Waals surface area contributed by atoms with Gasteiger partial charge in [0.05, 0.1) is 0 Å². The van der Waals surface area contributed by atoms with E-state index in [9.17, 15) is 4.79 Å². The molecule has 0 N–H and O–H groups in total. The number of hydrogen-bond acceptors (Lipinski definition) is 4. The third kappa shape index (κ3) is 4.74. The second kappa shape index (κ2) is 8.06. The Morgan fingerprint density at radius 2 is 1.69 bits per heavy atom. The van der Waals surface area contributed by atoms with Crippen molar-refractivity contribution in [3.05, 3.63) is 59.4 Å². The molecule has 1 saturated heterocycles. The number of aromatic nitrogens is 1. The monoisotopic (exact) mass is 373 g/mol. The lowest BCUT2D eigenvalue weighted by atomic mass is 10.1. The zero-order chi connectivity index (χ0) is 18.6. The molecule has 0 atom stereocenters. The van der Waals surface area contributed by atoms with Gasteiger partial charge in [-0.3, -0.25) is 14.7 Å². The fraction of sp³-hybridized carbons (Fsp3) is 0.400. The summed E-state index contributed by atoms with van der Waals surface area (Å²) in [6.07, 6.45) is 3.62. The zero-order valence-electron chi connectivity index (χ0n) is 15.2. The van der Waals surface area contributed by atoms with Crippen LogP contribution in [0.2, 0.25) is 5.02 Å². The Hall–Kier alpha value is -2.11. The number of rotatable bonds is 5. The van der Waals surface area contributed by atoms with Crippen LogP contribution in [0, 0.1) is 0 Å². The molecule has 6 heteroatoms. The van der Waals surface area contributed by atoms with Gasteiger partial charge in [-0.25, -0.2) is 0 Å². The molecule has 3 rings (SSSR count). The van der Waals surface area contributed by atoms with Crippen molar-refractivity contribution in [3.8, 4) is 5.75 Å². The average molecular weight is 374 g/mol. The topological polar surface area (TPSA) is 45.7 Å². The summed E-state index contributed by atoms with van der Waals surface area (Å²) in [4.78, 5) is 21.2. The molecule has 1 aromatic heterocycles. The molecular formula is C20H24ClN3O2. The lowest BCUT2D eigenvalue weighted by molar-refractivity contribution is -0.147. The number of carbonyl (C=O) groups excluding carboxylic acids is 1. The van der Waals surface area contributed by atoms with Gasteiger partial charge in [0, 0.05) is 50.1 Å². The Bertz CT molecular complexity index is 726. The van der Waals surface area contributed by atoms with Crippen LogP contribution in [0.1, 0.15) is 19.4 Å². The minimum Gasteiger partial charge on any atom is -0.478 e. The standard InChI is InChI=1S/C20H24ClN3O2/c1-20(2,26-18-5-3-17(21)4-6-18)19(25)24-13-11-23(12-14-24)15-16-7-9-22-10-8-16/h3-10H,11-15H2,1-2H3. The first kappa shape index (κ1) is 18.7. The maximum Gasteiger partial charge on any atom is 0.266 e. The largest absolute Gasteiger partial charge is 0.478 e. The van der Waals surface area contributed by atoms with Crippen LogP contribution in [0.25, 0.3) is 0 Å². The van der Waals surface area contributed by atoms with E-state index in [0.717, 1.165) is 19.6 Å². The Labute approximate surface area is 159 Å². The smallest absolute Gasteiger partial charge is 0.266 e. The van der Waals surface area contributed by atoms with Crippen molar-refractivity contribution in [2.45, 2.75) is 26.0 Å². The van der Waals surface area contributed by atoms with Crippen LogP contribution < -0.4 is 4.74 Å². The van der Waals surface area contributed by atoms with Gasteiger partial charge in [-0.1, -0.05) is 11.6 Å². The molecule has 2 heterocycles. The molecule has 1 aliphatic heterocycles. The number of pyridine rings is 1. The van der Waals surface area contributed by atoms with Crippen LogP contribution in [-0.2, 0) is 11.3 Å². The highest BCUT2D eigenvalue weighted by Crippen LogP contribution is 2.23. The summed E-state index contributed by atoms with van der Waals surface area (Å²) in [6, 6.07) is 11.1. The van der Waals surface area contributed by atoms with E-state index in [1.807, 2.05) is 43.3 Å². The van der Waals surface area contributed by atoms with Crippen LogP contribution in [0.3, 0.4) is 0 Å². The Balaban J connectivity index is 1.54. The molecule has 1 aromatic carbocycles. The van der Waals surface area contributed by atoms with Gasteiger partial charge >= 0.3 is 0 Å². The van der Waals surface area contributed by atoms with Crippen molar-refractivity contribution in [2.24, 2.45) is 0 Å². The summed E-state index contributed by atoms with van der Waals surface area (Å²) in [7, 11) is 0. The number of amides is 1. The van der Waals surface area contributed by atoms with E-state index in [1.54, 1.807) is 24.3 Å². The van der Waals surface area contributed by atoms with Gasteiger partial charge in [0.1, 0.15) is 5.75 Å². The maximum atomic E-state index is 12.9. The molecule has 2 aromatic rings. The molecule has 0 bridgehead atoms. The van der Waals surface area contributed by atoms with E-state index in [-0.39, 0.29) is 5.91 Å². The molecule has 1 amide bonds. The number of halogens is 1. The SMILES string of the molecule is CC(C)(Oc1ccc(Cl)cc1)C(=O)N1CCN(Cc2ccncc2)CC1. The van der Waals surface area contributed by atoms with Crippen LogP contribution in [0.4, 0.5) is 0 Å². The van der Waals surface area contributed by atoms with Gasteiger partial charge in [0.25, 0.3) is 5.91 Å². The molecule has 0 spiro atoms. The molecule has 1 aliphatic rings. The number of nitrogens with zero attached hydrogens (tertiary/aromatic N) is 3. The third-order valence-corrected chi connectivity index (χ3v) is 4.77. The van der Waals surface area contributed by atoms with Crippen molar-refractivity contribution >= 4 is 17.5 Å². The average Bonchev–Trinajstić information content (AvgIpc) is 2.64. The van der Waals surface area contributed by atoms with Crippen molar-refractivity contribution in [1.82, 2.24) is 14.8 Å². The van der Waals surface area contributed by atoms with E-state index >= 15 is 0 Å². The van der Waals surface area contributed by atoms with Crippen molar-refractivity contribution in [1.29, 1.82) is 0 Å². The van der Waals surface area contributed by atoms with Gasteiger partial charge < -0.3 is 9.64 Å². The minimum absolute atomic E-state index is 0.0102. The highest BCUT2D eigenvalue weighted by Gasteiger charge is 2.35. The molecule has 26 heavy (non-hydrogen) atoms. The van der Waals surface area contributed by atoms with Crippen LogP contribution in [0.5, 0.6) is 5.75 Å². The van der Waals surface area contributed by atoms with Crippen molar-refractivity contribution in [3.63, 3.8) is 0 Å². The first-order chi connectivity index (χ1) is 12.4.